The van der Waals surface area contributed by atoms with Crippen LogP contribution in [0.3, 0.4) is 0 Å². The van der Waals surface area contributed by atoms with Gasteiger partial charge in [0.25, 0.3) is 5.95 Å². The molecule has 0 unspecified atom stereocenters. The molecule has 242 valence electrons. The summed E-state index contributed by atoms with van der Waals surface area (Å²) in [6.45, 7) is 1.35. The number of carboxylic acids is 1. The van der Waals surface area contributed by atoms with Crippen molar-refractivity contribution in [2.24, 2.45) is 7.05 Å². The van der Waals surface area contributed by atoms with Gasteiger partial charge >= 0.3 is 24.7 Å². The Bertz CT molecular complexity index is 1390. The van der Waals surface area contributed by atoms with Crippen LogP contribution in [0.2, 0.25) is 0 Å². The third-order valence-electron chi connectivity index (χ3n) is 6.24. The normalized spacial score (nSPS) is 12.3. The second-order valence-corrected chi connectivity index (χ2v) is 9.62. The first-order valence-corrected chi connectivity index (χ1v) is 13.0. The molecule has 0 aliphatic heterocycles. The molecule has 0 amide bonds. The molecule has 3 rings (SSSR count). The van der Waals surface area contributed by atoms with E-state index in [-0.39, 0.29) is 30.5 Å². The molecule has 0 bridgehead atoms. The third-order valence-corrected chi connectivity index (χ3v) is 6.24. The summed E-state index contributed by atoms with van der Waals surface area (Å²) in [7, 11) is 1.36. The minimum Gasteiger partial charge on any atom is -0.481 e. The average molecular weight is 643 g/mol. The van der Waals surface area contributed by atoms with Crippen LogP contribution in [0.15, 0.2) is 36.4 Å². The number of carbonyl (C=O) groups is 1. The number of aryl methyl sites for hydroxylation is 1. The Morgan fingerprint density at radius 3 is 2.05 bits per heavy atom. The highest BCUT2D eigenvalue weighted by atomic mass is 19.4. The summed E-state index contributed by atoms with van der Waals surface area (Å²) in [5.41, 5.74) is -3.01. The highest BCUT2D eigenvalue weighted by Crippen LogP contribution is 2.37. The lowest BCUT2D eigenvalue weighted by atomic mass is 10.0. The molecule has 0 spiro atoms. The van der Waals surface area contributed by atoms with E-state index in [1.165, 1.54) is 13.1 Å². The van der Waals surface area contributed by atoms with Crippen LogP contribution in [-0.2, 0) is 37.3 Å². The zero-order valence-corrected chi connectivity index (χ0v) is 23.3. The molecule has 18 heteroatoms. The number of anilines is 2. The van der Waals surface area contributed by atoms with E-state index in [2.05, 4.69) is 20.1 Å². The van der Waals surface area contributed by atoms with Crippen molar-refractivity contribution in [2.75, 3.05) is 22.9 Å². The number of hydrogen-bond donors (Lipinski definition) is 1. The molecule has 0 atom stereocenters. The summed E-state index contributed by atoms with van der Waals surface area (Å²) in [5, 5.41) is 20.4. The van der Waals surface area contributed by atoms with Gasteiger partial charge in [0.05, 0.1) is 18.2 Å². The molecule has 0 saturated heterocycles. The van der Waals surface area contributed by atoms with E-state index >= 15 is 0 Å². The molecule has 1 N–H and O–H groups in total. The van der Waals surface area contributed by atoms with Crippen LogP contribution in [0.4, 0.5) is 51.1 Å². The minimum absolute atomic E-state index is 0.0199. The Balaban J connectivity index is 2.08. The van der Waals surface area contributed by atoms with E-state index < -0.39 is 53.7 Å². The maximum absolute atomic E-state index is 13.5. The standard InChI is InChI=1S/C26H27F9N6O3/c1-3-40(9-5-4-6-22(42)43)21-8-7-20(44-26(33,34)35)12-17(21)15-41(23-36-38-39(2)37-23)14-16-10-18(24(27,28)29)13-19(11-16)25(30,31)32/h7-8,10-13H,3-6,9,14-15H2,1-2H3,(H,42,43). The van der Waals surface area contributed by atoms with Gasteiger partial charge in [-0.05, 0) is 72.5 Å². The molecule has 3 aromatic rings. The summed E-state index contributed by atoms with van der Waals surface area (Å²) in [6.07, 6.45) is -14.7. The molecular weight excluding hydrogens is 615 g/mol. The SMILES string of the molecule is CCN(CCCCC(=O)O)c1ccc(OC(F)(F)F)cc1CN(Cc1cc(C(F)(F)F)cc(C(F)(F)F)c1)c1nnn(C)n1. The Kier molecular flexibility index (Phi) is 10.6. The molecule has 1 heterocycles. The predicted octanol–water partition coefficient (Wildman–Crippen LogP) is 6.43. The summed E-state index contributed by atoms with van der Waals surface area (Å²) in [5.74, 6) is -1.85. The predicted molar refractivity (Wildman–Crippen MR) is 138 cm³/mol. The van der Waals surface area contributed by atoms with Crippen molar-refractivity contribution in [3.05, 3.63) is 58.7 Å². The van der Waals surface area contributed by atoms with Gasteiger partial charge < -0.3 is 19.6 Å². The van der Waals surface area contributed by atoms with Crippen LogP contribution in [0, 0.1) is 0 Å². The Morgan fingerprint density at radius 2 is 1.55 bits per heavy atom. The lowest BCUT2D eigenvalue weighted by Gasteiger charge is -2.29. The van der Waals surface area contributed by atoms with Crippen LogP contribution < -0.4 is 14.5 Å². The molecule has 1 aromatic heterocycles. The molecule has 0 aliphatic rings. The zero-order chi connectivity index (χ0) is 32.9. The van der Waals surface area contributed by atoms with Gasteiger partial charge in [0.1, 0.15) is 5.75 Å². The van der Waals surface area contributed by atoms with E-state index in [1.54, 1.807) is 11.8 Å². The number of carboxylic acid groups (broad SMARTS) is 1. The Hall–Kier alpha value is -4.25. The Labute approximate surface area is 244 Å². The number of aromatic nitrogens is 4. The zero-order valence-electron chi connectivity index (χ0n) is 23.3. The minimum atomic E-state index is -5.11. The fraction of sp³-hybridized carbons (Fsp3) is 0.462. The van der Waals surface area contributed by atoms with Gasteiger partial charge in [-0.2, -0.15) is 31.1 Å². The average Bonchev–Trinajstić information content (AvgIpc) is 3.33. The Morgan fingerprint density at radius 1 is 0.909 bits per heavy atom. The first-order valence-electron chi connectivity index (χ1n) is 13.0. The van der Waals surface area contributed by atoms with Gasteiger partial charge in [-0.15, -0.1) is 18.3 Å². The number of alkyl halides is 9. The van der Waals surface area contributed by atoms with Gasteiger partial charge in [0.2, 0.25) is 0 Å². The first kappa shape index (κ1) is 34.2. The highest BCUT2D eigenvalue weighted by Gasteiger charge is 2.37. The first-order chi connectivity index (χ1) is 20.4. The monoisotopic (exact) mass is 642 g/mol. The molecule has 44 heavy (non-hydrogen) atoms. The van der Waals surface area contributed by atoms with Crippen molar-refractivity contribution in [2.45, 2.75) is 58.0 Å². The lowest BCUT2D eigenvalue weighted by molar-refractivity contribution is -0.274. The molecule has 0 saturated carbocycles. The van der Waals surface area contributed by atoms with Crippen LogP contribution in [-0.4, -0.2) is 50.7 Å². The third kappa shape index (κ3) is 9.90. The smallest absolute Gasteiger partial charge is 0.481 e. The topological polar surface area (TPSA) is 96.6 Å². The van der Waals surface area contributed by atoms with E-state index in [1.807, 2.05) is 0 Å². The lowest BCUT2D eigenvalue weighted by Crippen LogP contribution is -2.29. The maximum atomic E-state index is 13.5. The number of benzene rings is 2. The van der Waals surface area contributed by atoms with Gasteiger partial charge in [-0.3, -0.25) is 4.79 Å². The van der Waals surface area contributed by atoms with E-state index in [0.717, 1.165) is 21.8 Å². The van der Waals surface area contributed by atoms with Gasteiger partial charge in [-0.1, -0.05) is 5.10 Å². The quantitative estimate of drug-likeness (QED) is 0.168. The number of ether oxygens (including phenoxy) is 1. The van der Waals surface area contributed by atoms with Crippen LogP contribution in [0.5, 0.6) is 5.75 Å². The van der Waals surface area contributed by atoms with Crippen molar-refractivity contribution in [1.82, 2.24) is 20.2 Å². The fourth-order valence-corrected chi connectivity index (χ4v) is 4.36. The number of rotatable bonds is 13. The number of tetrazole rings is 1. The van der Waals surface area contributed by atoms with Crippen LogP contribution >= 0.6 is 0 Å². The van der Waals surface area contributed by atoms with Crippen molar-refractivity contribution in [3.63, 3.8) is 0 Å². The molecule has 0 fully saturated rings. The summed E-state index contributed by atoms with van der Waals surface area (Å²) < 4.78 is 124. The summed E-state index contributed by atoms with van der Waals surface area (Å²) in [4.78, 5) is 14.8. The van der Waals surface area contributed by atoms with Gasteiger partial charge in [0.15, 0.2) is 0 Å². The van der Waals surface area contributed by atoms with E-state index in [4.69, 9.17) is 5.11 Å². The molecule has 0 aliphatic carbocycles. The maximum Gasteiger partial charge on any atom is 0.573 e. The van der Waals surface area contributed by atoms with Gasteiger partial charge in [0, 0.05) is 38.3 Å². The largest absolute Gasteiger partial charge is 0.573 e. The number of halogens is 9. The van der Waals surface area contributed by atoms with E-state index in [9.17, 15) is 44.3 Å². The number of hydrogen-bond acceptors (Lipinski definition) is 7. The summed E-state index contributed by atoms with van der Waals surface area (Å²) in [6, 6.07) is 4.46. The van der Waals surface area contributed by atoms with Crippen molar-refractivity contribution >= 4 is 17.6 Å². The van der Waals surface area contributed by atoms with Crippen molar-refractivity contribution < 1.29 is 54.2 Å². The highest BCUT2D eigenvalue weighted by molar-refractivity contribution is 5.66. The molecular formula is C26H27F9N6O3. The second kappa shape index (κ2) is 13.6. The van der Waals surface area contributed by atoms with Crippen molar-refractivity contribution in [3.8, 4) is 5.75 Å². The summed E-state index contributed by atoms with van der Waals surface area (Å²) >= 11 is 0. The van der Waals surface area contributed by atoms with Crippen molar-refractivity contribution in [1.29, 1.82) is 0 Å². The van der Waals surface area contributed by atoms with Crippen LogP contribution in [0.1, 0.15) is 48.4 Å². The fourth-order valence-electron chi connectivity index (χ4n) is 4.36. The molecule has 2 aromatic carbocycles. The number of aliphatic carboxylic acids is 1. The number of unbranched alkanes of at least 4 members (excludes halogenated alkanes) is 1. The molecule has 0 radical (unpaired) electrons. The van der Waals surface area contributed by atoms with Crippen LogP contribution in [0.25, 0.3) is 0 Å². The van der Waals surface area contributed by atoms with E-state index in [0.29, 0.717) is 43.8 Å². The molecule has 9 nitrogen and oxygen atoms in total. The van der Waals surface area contributed by atoms with Gasteiger partial charge in [-0.25, -0.2) is 0 Å². The number of nitrogens with zero attached hydrogens (tertiary/aromatic N) is 6. The second-order valence-electron chi connectivity index (χ2n) is 9.62.